The second kappa shape index (κ2) is 8.44. The topological polar surface area (TPSA) is 41.1 Å². The van der Waals surface area contributed by atoms with Gasteiger partial charge in [0, 0.05) is 16.9 Å². The molecule has 3 nitrogen and oxygen atoms in total. The van der Waals surface area contributed by atoms with Crippen molar-refractivity contribution < 1.29 is 4.79 Å². The van der Waals surface area contributed by atoms with Crippen LogP contribution in [0.15, 0.2) is 48.5 Å². The molecule has 0 fully saturated rings. The molecule has 0 aliphatic rings. The van der Waals surface area contributed by atoms with Crippen molar-refractivity contribution in [1.82, 2.24) is 0 Å². The lowest BCUT2D eigenvalue weighted by atomic mass is 10.1. The average molecular weight is 326 g/mol. The van der Waals surface area contributed by atoms with Crippen molar-refractivity contribution in [2.24, 2.45) is 0 Å². The fraction of sp³-hybridized carbons (Fsp3) is 0.263. The van der Waals surface area contributed by atoms with E-state index in [1.807, 2.05) is 24.3 Å². The number of carbonyl (C=O) groups is 1. The Morgan fingerprint density at radius 2 is 1.48 bits per heavy atom. The van der Waals surface area contributed by atoms with Crippen LogP contribution in [0.3, 0.4) is 0 Å². The second-order valence-electron chi connectivity index (χ2n) is 5.51. The van der Waals surface area contributed by atoms with Crippen LogP contribution in [-0.4, -0.2) is 10.9 Å². The zero-order valence-corrected chi connectivity index (χ0v) is 14.4. The third kappa shape index (κ3) is 5.49. The summed E-state index contributed by atoms with van der Waals surface area (Å²) in [5.74, 6) is 0.0559. The molecule has 0 radical (unpaired) electrons. The molecule has 0 aliphatic heterocycles. The van der Waals surface area contributed by atoms with Gasteiger partial charge in [0.1, 0.15) is 0 Å². The van der Waals surface area contributed by atoms with Crippen LogP contribution in [0.25, 0.3) is 0 Å². The molecule has 23 heavy (non-hydrogen) atoms. The Morgan fingerprint density at radius 1 is 0.957 bits per heavy atom. The van der Waals surface area contributed by atoms with Crippen LogP contribution in [0.2, 0.25) is 0 Å². The van der Waals surface area contributed by atoms with Crippen molar-refractivity contribution >= 4 is 34.5 Å². The van der Waals surface area contributed by atoms with E-state index >= 15 is 0 Å². The van der Waals surface area contributed by atoms with Gasteiger partial charge in [-0.15, -0.1) is 0 Å². The Bertz CT molecular complexity index is 663. The highest BCUT2D eigenvalue weighted by atomic mass is 32.1. The number of hydrogen-bond donors (Lipinski definition) is 2. The first-order valence-corrected chi connectivity index (χ1v) is 8.27. The number of anilines is 2. The SMILES string of the molecule is CCCCc1ccc(NC(=S)Nc2ccc(C(C)=O)cc2)cc1. The summed E-state index contributed by atoms with van der Waals surface area (Å²) in [5.41, 5.74) is 3.85. The molecule has 4 heteroatoms. The van der Waals surface area contributed by atoms with Gasteiger partial charge in [-0.2, -0.15) is 0 Å². The number of rotatable bonds is 6. The molecule has 0 spiro atoms. The molecule has 2 aromatic rings. The van der Waals surface area contributed by atoms with Gasteiger partial charge in [0.05, 0.1) is 0 Å². The van der Waals surface area contributed by atoms with E-state index in [9.17, 15) is 4.79 Å². The Labute approximate surface area is 143 Å². The van der Waals surface area contributed by atoms with Gasteiger partial charge < -0.3 is 10.6 Å². The number of aryl methyl sites for hydroxylation is 1. The molecule has 2 aromatic carbocycles. The predicted molar refractivity (Wildman–Crippen MR) is 101 cm³/mol. The molecule has 0 aliphatic carbocycles. The van der Waals surface area contributed by atoms with Crippen LogP contribution in [0.5, 0.6) is 0 Å². The number of nitrogens with one attached hydrogen (secondary N) is 2. The minimum absolute atomic E-state index is 0.0559. The van der Waals surface area contributed by atoms with Gasteiger partial charge >= 0.3 is 0 Å². The van der Waals surface area contributed by atoms with Crippen molar-refractivity contribution in [1.29, 1.82) is 0 Å². The number of Topliss-reactive ketones (excluding diaryl/α,β-unsaturated/α-hetero) is 1. The summed E-state index contributed by atoms with van der Waals surface area (Å²) >= 11 is 5.32. The maximum absolute atomic E-state index is 11.3. The monoisotopic (exact) mass is 326 g/mol. The fourth-order valence-electron chi connectivity index (χ4n) is 2.22. The highest BCUT2D eigenvalue weighted by Gasteiger charge is 2.02. The summed E-state index contributed by atoms with van der Waals surface area (Å²) in [6.07, 6.45) is 3.53. The van der Waals surface area contributed by atoms with Crippen molar-refractivity contribution in [3.63, 3.8) is 0 Å². The van der Waals surface area contributed by atoms with E-state index < -0.39 is 0 Å². The van der Waals surface area contributed by atoms with Gasteiger partial charge in [-0.1, -0.05) is 25.5 Å². The van der Waals surface area contributed by atoms with Gasteiger partial charge in [0.15, 0.2) is 10.9 Å². The third-order valence-electron chi connectivity index (χ3n) is 3.58. The first-order chi connectivity index (χ1) is 11.1. The average Bonchev–Trinajstić information content (AvgIpc) is 2.54. The largest absolute Gasteiger partial charge is 0.332 e. The summed E-state index contributed by atoms with van der Waals surface area (Å²) in [6, 6.07) is 15.6. The van der Waals surface area contributed by atoms with Crippen molar-refractivity contribution in [3.8, 4) is 0 Å². The lowest BCUT2D eigenvalue weighted by molar-refractivity contribution is 0.101. The summed E-state index contributed by atoms with van der Waals surface area (Å²) in [4.78, 5) is 11.3. The van der Waals surface area contributed by atoms with Crippen LogP contribution >= 0.6 is 12.2 Å². The summed E-state index contributed by atoms with van der Waals surface area (Å²) in [7, 11) is 0. The molecular formula is C19H22N2OS. The highest BCUT2D eigenvalue weighted by Crippen LogP contribution is 2.14. The number of benzene rings is 2. The molecule has 2 N–H and O–H groups in total. The summed E-state index contributed by atoms with van der Waals surface area (Å²) in [5, 5.41) is 6.81. The van der Waals surface area contributed by atoms with E-state index in [0.717, 1.165) is 17.8 Å². The first-order valence-electron chi connectivity index (χ1n) is 7.86. The summed E-state index contributed by atoms with van der Waals surface area (Å²) in [6.45, 7) is 3.75. The van der Waals surface area contributed by atoms with Gasteiger partial charge in [-0.05, 0) is 73.9 Å². The van der Waals surface area contributed by atoms with Gasteiger partial charge in [0.2, 0.25) is 0 Å². The van der Waals surface area contributed by atoms with Crippen LogP contribution in [-0.2, 0) is 6.42 Å². The lowest BCUT2D eigenvalue weighted by Crippen LogP contribution is -2.19. The van der Waals surface area contributed by atoms with E-state index in [2.05, 4.69) is 29.7 Å². The standard InChI is InChI=1S/C19H22N2OS/c1-3-4-5-15-6-10-17(11-7-15)20-19(23)21-18-12-8-16(9-13-18)14(2)22/h6-13H,3-5H2,1-2H3,(H2,20,21,23). The quantitative estimate of drug-likeness (QED) is 0.576. The molecule has 0 aromatic heterocycles. The van der Waals surface area contributed by atoms with Gasteiger partial charge in [-0.3, -0.25) is 4.79 Å². The van der Waals surface area contributed by atoms with E-state index in [1.165, 1.54) is 18.4 Å². The molecule has 0 saturated heterocycles. The van der Waals surface area contributed by atoms with E-state index in [0.29, 0.717) is 10.7 Å². The lowest BCUT2D eigenvalue weighted by Gasteiger charge is -2.11. The number of thiocarbonyl (C=S) groups is 1. The minimum Gasteiger partial charge on any atom is -0.332 e. The maximum atomic E-state index is 11.3. The molecular weight excluding hydrogens is 304 g/mol. The van der Waals surface area contributed by atoms with Crippen LogP contribution < -0.4 is 10.6 Å². The number of carbonyl (C=O) groups excluding carboxylic acids is 1. The van der Waals surface area contributed by atoms with Crippen LogP contribution in [0.1, 0.15) is 42.6 Å². The Hall–Kier alpha value is -2.20. The normalized spacial score (nSPS) is 10.2. The number of unbranched alkanes of at least 4 members (excludes halogenated alkanes) is 1. The van der Waals surface area contributed by atoms with E-state index in [1.54, 1.807) is 19.1 Å². The zero-order chi connectivity index (χ0) is 16.7. The molecule has 120 valence electrons. The maximum Gasteiger partial charge on any atom is 0.175 e. The Balaban J connectivity index is 1.90. The van der Waals surface area contributed by atoms with Gasteiger partial charge in [-0.25, -0.2) is 0 Å². The Morgan fingerprint density at radius 3 is 1.96 bits per heavy atom. The number of ketones is 1. The predicted octanol–water partition coefficient (Wildman–Crippen LogP) is 5.04. The zero-order valence-electron chi connectivity index (χ0n) is 13.6. The molecule has 0 bridgehead atoms. The van der Waals surface area contributed by atoms with Crippen LogP contribution in [0.4, 0.5) is 11.4 Å². The molecule has 0 heterocycles. The molecule has 0 amide bonds. The number of hydrogen-bond acceptors (Lipinski definition) is 2. The molecule has 0 saturated carbocycles. The van der Waals surface area contributed by atoms with Crippen molar-refractivity contribution in [3.05, 3.63) is 59.7 Å². The third-order valence-corrected chi connectivity index (χ3v) is 3.78. The second-order valence-corrected chi connectivity index (χ2v) is 5.92. The summed E-state index contributed by atoms with van der Waals surface area (Å²) < 4.78 is 0. The first kappa shape index (κ1) is 17.2. The fourth-order valence-corrected chi connectivity index (χ4v) is 2.45. The smallest absolute Gasteiger partial charge is 0.175 e. The van der Waals surface area contributed by atoms with Crippen molar-refractivity contribution in [2.75, 3.05) is 10.6 Å². The van der Waals surface area contributed by atoms with Crippen LogP contribution in [0, 0.1) is 0 Å². The molecule has 0 unspecified atom stereocenters. The minimum atomic E-state index is 0.0559. The molecule has 2 rings (SSSR count). The van der Waals surface area contributed by atoms with Gasteiger partial charge in [0.25, 0.3) is 0 Å². The van der Waals surface area contributed by atoms with E-state index in [-0.39, 0.29) is 5.78 Å². The van der Waals surface area contributed by atoms with Crippen molar-refractivity contribution in [2.45, 2.75) is 33.1 Å². The van der Waals surface area contributed by atoms with E-state index in [4.69, 9.17) is 12.2 Å². The highest BCUT2D eigenvalue weighted by molar-refractivity contribution is 7.80. The Kier molecular flexibility index (Phi) is 6.29. The molecule has 0 atom stereocenters.